The number of esters is 1. The van der Waals surface area contributed by atoms with E-state index in [4.69, 9.17) is 4.74 Å². The quantitative estimate of drug-likeness (QED) is 0.729. The van der Waals surface area contributed by atoms with E-state index in [0.29, 0.717) is 18.0 Å². The maximum Gasteiger partial charge on any atom is 0.354 e. The van der Waals surface area contributed by atoms with Gasteiger partial charge >= 0.3 is 5.97 Å². The van der Waals surface area contributed by atoms with Gasteiger partial charge in [-0.05, 0) is 24.3 Å². The molecule has 6 heteroatoms. The van der Waals surface area contributed by atoms with Crippen LogP contribution in [-0.4, -0.2) is 30.3 Å². The predicted octanol–water partition coefficient (Wildman–Crippen LogP) is 2.13. The summed E-state index contributed by atoms with van der Waals surface area (Å²) < 4.78 is 9.59. The molecule has 0 saturated heterocycles. The van der Waals surface area contributed by atoms with Crippen molar-refractivity contribution in [1.29, 1.82) is 0 Å². The Morgan fingerprint density at radius 3 is 2.75 bits per heavy atom. The number of phenolic OH excluding ortho intramolecular Hbond substituents is 1. The van der Waals surface area contributed by atoms with E-state index in [1.165, 1.54) is 14.2 Å². The van der Waals surface area contributed by atoms with E-state index < -0.39 is 5.97 Å². The molecule has 0 spiro atoms. The Hall–Kier alpha value is -2.63. The van der Waals surface area contributed by atoms with Crippen LogP contribution in [0.5, 0.6) is 11.5 Å². The van der Waals surface area contributed by atoms with Crippen molar-refractivity contribution in [2.75, 3.05) is 19.5 Å². The molecule has 1 aromatic carbocycles. The second-order valence-corrected chi connectivity index (χ2v) is 4.13. The zero-order chi connectivity index (χ0) is 14.5. The highest BCUT2D eigenvalue weighted by atomic mass is 16.5. The first-order valence-corrected chi connectivity index (χ1v) is 6.01. The fourth-order valence-corrected chi connectivity index (χ4v) is 1.77. The zero-order valence-corrected chi connectivity index (χ0v) is 11.3. The fourth-order valence-electron chi connectivity index (χ4n) is 1.77. The number of H-pyrrole nitrogens is 1. The maximum absolute atomic E-state index is 11.3. The van der Waals surface area contributed by atoms with Crippen LogP contribution in [-0.2, 0) is 11.3 Å². The summed E-state index contributed by atoms with van der Waals surface area (Å²) in [6.45, 7) is 0.489. The first-order chi connectivity index (χ1) is 9.63. The van der Waals surface area contributed by atoms with E-state index in [1.807, 2.05) is 0 Å². The highest BCUT2D eigenvalue weighted by Crippen LogP contribution is 2.28. The number of carbonyl (C=O) groups is 1. The van der Waals surface area contributed by atoms with Gasteiger partial charge in [-0.3, -0.25) is 0 Å². The molecule has 0 aliphatic heterocycles. The number of anilines is 1. The Morgan fingerprint density at radius 2 is 2.10 bits per heavy atom. The highest BCUT2D eigenvalue weighted by Gasteiger charge is 2.08. The minimum absolute atomic E-state index is 0.0687. The summed E-state index contributed by atoms with van der Waals surface area (Å²) in [6.07, 6.45) is 0. The van der Waals surface area contributed by atoms with Crippen molar-refractivity contribution in [3.8, 4) is 11.5 Å². The molecule has 0 atom stereocenters. The number of aromatic amines is 1. The average molecular weight is 276 g/mol. The van der Waals surface area contributed by atoms with Crippen LogP contribution in [0.4, 0.5) is 5.69 Å². The average Bonchev–Trinajstić information content (AvgIpc) is 2.93. The molecule has 0 amide bonds. The van der Waals surface area contributed by atoms with Gasteiger partial charge in [0.25, 0.3) is 0 Å². The summed E-state index contributed by atoms with van der Waals surface area (Å²) in [6, 6.07) is 8.49. The van der Waals surface area contributed by atoms with E-state index in [1.54, 1.807) is 30.3 Å². The van der Waals surface area contributed by atoms with Crippen LogP contribution in [0.3, 0.4) is 0 Å². The van der Waals surface area contributed by atoms with Crippen LogP contribution >= 0.6 is 0 Å². The van der Waals surface area contributed by atoms with E-state index in [0.717, 1.165) is 11.4 Å². The van der Waals surface area contributed by atoms with Crippen LogP contribution < -0.4 is 10.1 Å². The number of rotatable bonds is 5. The van der Waals surface area contributed by atoms with E-state index >= 15 is 0 Å². The van der Waals surface area contributed by atoms with Gasteiger partial charge in [0.1, 0.15) is 5.69 Å². The number of hydrogen-bond donors (Lipinski definition) is 3. The monoisotopic (exact) mass is 276 g/mol. The molecule has 3 N–H and O–H groups in total. The van der Waals surface area contributed by atoms with Crippen molar-refractivity contribution < 1.29 is 19.4 Å². The molecule has 1 heterocycles. The molecule has 0 saturated carbocycles. The molecule has 2 rings (SSSR count). The molecule has 20 heavy (non-hydrogen) atoms. The molecular weight excluding hydrogens is 260 g/mol. The van der Waals surface area contributed by atoms with Gasteiger partial charge in [0.15, 0.2) is 11.5 Å². The number of aromatic hydroxyl groups is 1. The summed E-state index contributed by atoms with van der Waals surface area (Å²) >= 11 is 0. The number of phenols is 1. The van der Waals surface area contributed by atoms with E-state index in [2.05, 4.69) is 15.0 Å². The smallest absolute Gasteiger partial charge is 0.354 e. The van der Waals surface area contributed by atoms with Gasteiger partial charge in [-0.1, -0.05) is 0 Å². The van der Waals surface area contributed by atoms with E-state index in [-0.39, 0.29) is 5.75 Å². The fraction of sp³-hybridized carbons (Fsp3) is 0.214. The zero-order valence-electron chi connectivity index (χ0n) is 11.3. The van der Waals surface area contributed by atoms with Gasteiger partial charge in [0.2, 0.25) is 0 Å². The Kier molecular flexibility index (Phi) is 4.14. The van der Waals surface area contributed by atoms with Crippen LogP contribution in [0.15, 0.2) is 30.3 Å². The first-order valence-electron chi connectivity index (χ1n) is 6.01. The Balaban J connectivity index is 2.00. The number of carbonyl (C=O) groups excluding carboxylic acids is 1. The van der Waals surface area contributed by atoms with Crippen LogP contribution in [0.1, 0.15) is 16.2 Å². The van der Waals surface area contributed by atoms with Crippen molar-refractivity contribution in [2.24, 2.45) is 0 Å². The Labute approximate surface area is 116 Å². The second kappa shape index (κ2) is 6.01. The third-order valence-corrected chi connectivity index (χ3v) is 2.81. The molecule has 1 aromatic heterocycles. The number of aromatic nitrogens is 1. The highest BCUT2D eigenvalue weighted by molar-refractivity contribution is 5.87. The number of hydrogen-bond acceptors (Lipinski definition) is 5. The summed E-state index contributed by atoms with van der Waals surface area (Å²) in [5.74, 6) is 0.0842. The molecule has 0 unspecified atom stereocenters. The normalized spacial score (nSPS) is 10.1. The molecule has 0 fully saturated rings. The Morgan fingerprint density at radius 1 is 1.30 bits per heavy atom. The number of nitrogens with one attached hydrogen (secondary N) is 2. The minimum atomic E-state index is -0.404. The second-order valence-electron chi connectivity index (χ2n) is 4.13. The van der Waals surface area contributed by atoms with Gasteiger partial charge in [-0.25, -0.2) is 4.79 Å². The molecular formula is C14H16N2O4. The van der Waals surface area contributed by atoms with Gasteiger partial charge in [0, 0.05) is 17.4 Å². The lowest BCUT2D eigenvalue weighted by molar-refractivity contribution is 0.0594. The summed E-state index contributed by atoms with van der Waals surface area (Å²) in [4.78, 5) is 14.2. The van der Waals surface area contributed by atoms with Gasteiger partial charge in [-0.2, -0.15) is 0 Å². The van der Waals surface area contributed by atoms with Crippen molar-refractivity contribution >= 4 is 11.7 Å². The van der Waals surface area contributed by atoms with Gasteiger partial charge in [0.05, 0.1) is 20.8 Å². The predicted molar refractivity (Wildman–Crippen MR) is 74.1 cm³/mol. The summed E-state index contributed by atoms with van der Waals surface area (Å²) in [5.41, 5.74) is 1.99. The van der Waals surface area contributed by atoms with Crippen LogP contribution in [0, 0.1) is 0 Å². The van der Waals surface area contributed by atoms with Crippen molar-refractivity contribution in [3.05, 3.63) is 41.7 Å². The summed E-state index contributed by atoms with van der Waals surface area (Å²) in [7, 11) is 2.83. The largest absolute Gasteiger partial charge is 0.504 e. The molecule has 0 aliphatic rings. The summed E-state index contributed by atoms with van der Waals surface area (Å²) in [5, 5.41) is 12.8. The Bertz CT molecular complexity index is 607. The molecule has 2 aromatic rings. The van der Waals surface area contributed by atoms with Crippen molar-refractivity contribution in [3.63, 3.8) is 0 Å². The third kappa shape index (κ3) is 3.03. The molecule has 0 radical (unpaired) electrons. The first kappa shape index (κ1) is 13.8. The molecule has 6 nitrogen and oxygen atoms in total. The third-order valence-electron chi connectivity index (χ3n) is 2.81. The lowest BCUT2D eigenvalue weighted by Crippen LogP contribution is -2.03. The van der Waals surface area contributed by atoms with E-state index in [9.17, 15) is 9.90 Å². The minimum Gasteiger partial charge on any atom is -0.504 e. The topological polar surface area (TPSA) is 83.6 Å². The number of methoxy groups -OCH3 is 2. The van der Waals surface area contributed by atoms with Crippen LogP contribution in [0.25, 0.3) is 0 Å². The molecule has 106 valence electrons. The standard InChI is InChI=1S/C14H16N2O4/c1-19-13-6-4-9(7-12(13)17)15-8-10-3-5-11(16-10)14(18)20-2/h3-7,15-17H,8H2,1-2H3. The van der Waals surface area contributed by atoms with Crippen molar-refractivity contribution in [2.45, 2.75) is 6.54 Å². The van der Waals surface area contributed by atoms with Crippen LogP contribution in [0.2, 0.25) is 0 Å². The molecule has 0 bridgehead atoms. The SMILES string of the molecule is COC(=O)c1ccc(CNc2ccc(OC)c(O)c2)[nH]1. The van der Waals surface area contributed by atoms with Gasteiger partial charge < -0.3 is 24.9 Å². The number of benzene rings is 1. The number of ether oxygens (including phenoxy) is 2. The van der Waals surface area contributed by atoms with Gasteiger partial charge in [-0.15, -0.1) is 0 Å². The lowest BCUT2D eigenvalue weighted by atomic mass is 10.2. The molecule has 0 aliphatic carbocycles. The van der Waals surface area contributed by atoms with Crippen molar-refractivity contribution in [1.82, 2.24) is 4.98 Å². The maximum atomic E-state index is 11.3. The lowest BCUT2D eigenvalue weighted by Gasteiger charge is -2.08.